The van der Waals surface area contributed by atoms with Gasteiger partial charge in [-0.3, -0.25) is 4.79 Å². The lowest BCUT2D eigenvalue weighted by molar-refractivity contribution is 0.103. The third kappa shape index (κ3) is 4.46. The second-order valence-electron chi connectivity index (χ2n) is 5.94. The molecular formula is C20H23ClN2O4. The molecule has 0 saturated carbocycles. The highest BCUT2D eigenvalue weighted by Gasteiger charge is 2.20. The fourth-order valence-electron chi connectivity index (χ4n) is 2.62. The molecule has 6 nitrogen and oxygen atoms in total. The van der Waals surface area contributed by atoms with E-state index in [9.17, 15) is 4.79 Å². The fraction of sp³-hybridized carbons (Fsp3) is 0.250. The highest BCUT2D eigenvalue weighted by molar-refractivity contribution is 6.47. The molecule has 7 heteroatoms. The van der Waals surface area contributed by atoms with Crippen molar-refractivity contribution in [2.75, 3.05) is 46.1 Å². The van der Waals surface area contributed by atoms with Crippen LogP contribution in [0.25, 0.3) is 6.08 Å². The van der Waals surface area contributed by atoms with E-state index in [1.54, 1.807) is 24.3 Å². The van der Waals surface area contributed by atoms with Gasteiger partial charge < -0.3 is 24.8 Å². The van der Waals surface area contributed by atoms with Gasteiger partial charge in [0.2, 0.25) is 5.78 Å². The van der Waals surface area contributed by atoms with Crippen molar-refractivity contribution in [2.24, 2.45) is 0 Å². The van der Waals surface area contributed by atoms with Crippen LogP contribution in [0.4, 0.5) is 11.4 Å². The zero-order valence-electron chi connectivity index (χ0n) is 16.0. The predicted molar refractivity (Wildman–Crippen MR) is 109 cm³/mol. The molecule has 0 fully saturated rings. The summed E-state index contributed by atoms with van der Waals surface area (Å²) < 4.78 is 15.8. The number of anilines is 2. The van der Waals surface area contributed by atoms with Gasteiger partial charge in [0, 0.05) is 20.2 Å². The number of Topliss-reactive ketones (excluding diaryl/α,β-unsaturated/α-hetero) is 1. The Kier molecular flexibility index (Phi) is 6.58. The standard InChI is InChI=1S/C20H23ClN2O4/c1-23(2)16-7-6-12(9-15(16)22)8-14(21)20(24)13-10-18(26-4)19(27-5)11-17(13)25-3/h6-11H,22H2,1-5H3. The van der Waals surface area contributed by atoms with Crippen molar-refractivity contribution in [1.82, 2.24) is 0 Å². The highest BCUT2D eigenvalue weighted by Crippen LogP contribution is 2.36. The van der Waals surface area contributed by atoms with E-state index in [2.05, 4.69) is 0 Å². The Morgan fingerprint density at radius 3 is 2.11 bits per heavy atom. The largest absolute Gasteiger partial charge is 0.496 e. The number of carbonyl (C=O) groups excluding carboxylic acids is 1. The van der Waals surface area contributed by atoms with Crippen molar-refractivity contribution >= 4 is 34.8 Å². The van der Waals surface area contributed by atoms with E-state index in [0.29, 0.717) is 22.9 Å². The zero-order valence-corrected chi connectivity index (χ0v) is 16.8. The highest BCUT2D eigenvalue weighted by atomic mass is 35.5. The first-order chi connectivity index (χ1) is 12.8. The van der Waals surface area contributed by atoms with E-state index in [1.165, 1.54) is 21.3 Å². The number of ether oxygens (including phenoxy) is 3. The lowest BCUT2D eigenvalue weighted by atomic mass is 10.1. The van der Waals surface area contributed by atoms with Gasteiger partial charge in [-0.05, 0) is 29.8 Å². The number of nitrogens with two attached hydrogens (primary N) is 1. The van der Waals surface area contributed by atoms with Gasteiger partial charge in [-0.1, -0.05) is 17.7 Å². The third-order valence-corrected chi connectivity index (χ3v) is 4.27. The first kappa shape index (κ1) is 20.5. The number of methoxy groups -OCH3 is 3. The van der Waals surface area contributed by atoms with Gasteiger partial charge >= 0.3 is 0 Å². The number of benzene rings is 2. The normalized spacial score (nSPS) is 11.1. The van der Waals surface area contributed by atoms with Gasteiger partial charge in [-0.2, -0.15) is 0 Å². The predicted octanol–water partition coefficient (Wildman–Crippen LogP) is 3.82. The SMILES string of the molecule is COc1cc(OC)c(C(=O)C(Cl)=Cc2ccc(N(C)C)c(N)c2)cc1OC. The van der Waals surface area contributed by atoms with Crippen LogP contribution in [0.5, 0.6) is 17.2 Å². The molecule has 0 aliphatic rings. The van der Waals surface area contributed by atoms with Crippen molar-refractivity contribution in [1.29, 1.82) is 0 Å². The van der Waals surface area contributed by atoms with E-state index < -0.39 is 5.78 Å². The number of rotatable bonds is 7. The summed E-state index contributed by atoms with van der Waals surface area (Å²) in [5.74, 6) is 0.806. The first-order valence-electron chi connectivity index (χ1n) is 8.11. The van der Waals surface area contributed by atoms with Crippen LogP contribution in [0.3, 0.4) is 0 Å². The molecule has 27 heavy (non-hydrogen) atoms. The van der Waals surface area contributed by atoms with Crippen molar-refractivity contribution in [3.05, 3.63) is 46.5 Å². The van der Waals surface area contributed by atoms with Crippen LogP contribution in [0.2, 0.25) is 0 Å². The average molecular weight is 391 g/mol. The molecule has 2 aromatic rings. The van der Waals surface area contributed by atoms with E-state index >= 15 is 0 Å². The number of hydrogen-bond acceptors (Lipinski definition) is 6. The van der Waals surface area contributed by atoms with Gasteiger partial charge in [-0.25, -0.2) is 0 Å². The number of ketones is 1. The molecule has 2 rings (SSSR count). The van der Waals surface area contributed by atoms with Crippen LogP contribution in [0, 0.1) is 0 Å². The van der Waals surface area contributed by atoms with E-state index in [-0.39, 0.29) is 10.6 Å². The number of halogens is 1. The Hall–Kier alpha value is -2.86. The molecule has 0 saturated heterocycles. The Morgan fingerprint density at radius 1 is 1.00 bits per heavy atom. The zero-order chi connectivity index (χ0) is 20.1. The number of allylic oxidation sites excluding steroid dienone is 1. The summed E-state index contributed by atoms with van der Waals surface area (Å²) in [5, 5.41) is 0.0255. The summed E-state index contributed by atoms with van der Waals surface area (Å²) in [6, 6.07) is 8.59. The third-order valence-electron chi connectivity index (χ3n) is 3.99. The van der Waals surface area contributed by atoms with Crippen molar-refractivity contribution in [3.63, 3.8) is 0 Å². The lowest BCUT2D eigenvalue weighted by Gasteiger charge is -2.15. The summed E-state index contributed by atoms with van der Waals surface area (Å²) in [7, 11) is 8.27. The van der Waals surface area contributed by atoms with Gasteiger partial charge in [0.1, 0.15) is 5.75 Å². The minimum absolute atomic E-state index is 0.0255. The van der Waals surface area contributed by atoms with Gasteiger partial charge in [0.25, 0.3) is 0 Å². The minimum Gasteiger partial charge on any atom is -0.496 e. The number of carbonyl (C=O) groups is 1. The van der Waals surface area contributed by atoms with E-state index in [4.69, 9.17) is 31.5 Å². The monoisotopic (exact) mass is 390 g/mol. The molecule has 0 aliphatic heterocycles. The molecule has 0 unspecified atom stereocenters. The summed E-state index contributed by atoms with van der Waals surface area (Å²) >= 11 is 6.29. The number of hydrogen-bond donors (Lipinski definition) is 1. The summed E-state index contributed by atoms with van der Waals surface area (Å²) in [4.78, 5) is 14.7. The van der Waals surface area contributed by atoms with Crippen molar-refractivity contribution in [2.45, 2.75) is 0 Å². The minimum atomic E-state index is -0.398. The Bertz CT molecular complexity index is 879. The molecule has 0 amide bonds. The van der Waals surface area contributed by atoms with Gasteiger partial charge in [-0.15, -0.1) is 0 Å². The van der Waals surface area contributed by atoms with Crippen molar-refractivity contribution in [3.8, 4) is 17.2 Å². The summed E-state index contributed by atoms with van der Waals surface area (Å²) in [6.07, 6.45) is 1.57. The number of nitrogen functional groups attached to an aromatic ring is 1. The molecule has 2 aromatic carbocycles. The quantitative estimate of drug-likeness (QED) is 0.440. The Balaban J connectivity index is 2.42. The fourth-order valence-corrected chi connectivity index (χ4v) is 2.85. The maximum absolute atomic E-state index is 12.8. The molecule has 144 valence electrons. The molecule has 0 bridgehead atoms. The maximum atomic E-state index is 12.8. The van der Waals surface area contributed by atoms with Crippen LogP contribution >= 0.6 is 11.6 Å². The molecule has 0 radical (unpaired) electrons. The van der Waals surface area contributed by atoms with Gasteiger partial charge in [0.15, 0.2) is 11.5 Å². The second kappa shape index (κ2) is 8.68. The van der Waals surface area contributed by atoms with Gasteiger partial charge in [0.05, 0.1) is 43.3 Å². The summed E-state index contributed by atoms with van der Waals surface area (Å²) in [6.45, 7) is 0. The molecule has 0 spiro atoms. The summed E-state index contributed by atoms with van der Waals surface area (Å²) in [5.41, 5.74) is 8.52. The second-order valence-corrected chi connectivity index (χ2v) is 6.35. The molecule has 0 atom stereocenters. The van der Waals surface area contributed by atoms with Crippen molar-refractivity contribution < 1.29 is 19.0 Å². The average Bonchev–Trinajstić information content (AvgIpc) is 2.65. The molecule has 0 heterocycles. The Morgan fingerprint density at radius 2 is 1.59 bits per heavy atom. The Labute approximate surface area is 164 Å². The van der Waals surface area contributed by atoms with Crippen LogP contribution in [-0.4, -0.2) is 41.2 Å². The van der Waals surface area contributed by atoms with Crippen LogP contribution < -0.4 is 24.8 Å². The van der Waals surface area contributed by atoms with Crippen LogP contribution in [0.15, 0.2) is 35.4 Å². The molecule has 0 aliphatic carbocycles. The van der Waals surface area contributed by atoms with E-state index in [0.717, 1.165) is 11.3 Å². The molecular weight excluding hydrogens is 368 g/mol. The maximum Gasteiger partial charge on any atom is 0.208 e. The lowest BCUT2D eigenvalue weighted by Crippen LogP contribution is -2.11. The topological polar surface area (TPSA) is 74.0 Å². The van der Waals surface area contributed by atoms with E-state index in [1.807, 2.05) is 31.1 Å². The smallest absolute Gasteiger partial charge is 0.208 e. The number of nitrogens with zero attached hydrogens (tertiary/aromatic N) is 1. The molecule has 0 aromatic heterocycles. The molecule has 2 N–H and O–H groups in total. The van der Waals surface area contributed by atoms with Crippen LogP contribution in [-0.2, 0) is 0 Å². The first-order valence-corrected chi connectivity index (χ1v) is 8.48. The van der Waals surface area contributed by atoms with Crippen LogP contribution in [0.1, 0.15) is 15.9 Å².